The van der Waals surface area contributed by atoms with Crippen molar-refractivity contribution in [3.63, 3.8) is 0 Å². The predicted molar refractivity (Wildman–Crippen MR) is 86.4 cm³/mol. The van der Waals surface area contributed by atoms with E-state index in [1.807, 2.05) is 24.3 Å². The Hall–Kier alpha value is -0.910. The molecule has 0 fully saturated rings. The Morgan fingerprint density at radius 3 is 2.74 bits per heavy atom. The molecule has 102 valence electrons. The summed E-state index contributed by atoms with van der Waals surface area (Å²) in [5.74, 6) is 0. The molecule has 2 N–H and O–H groups in total. The molecule has 0 aliphatic carbocycles. The molecule has 0 amide bonds. The highest BCUT2D eigenvalue weighted by molar-refractivity contribution is 9.10. The minimum Gasteiger partial charge on any atom is -0.332 e. The number of hydrogen-bond donors (Lipinski definition) is 2. The van der Waals surface area contributed by atoms with Gasteiger partial charge in [-0.05, 0) is 37.2 Å². The Morgan fingerprint density at radius 2 is 2.00 bits per heavy atom. The Balaban J connectivity index is 1.85. The summed E-state index contributed by atoms with van der Waals surface area (Å²) in [6.45, 7) is 4.25. The van der Waals surface area contributed by atoms with Gasteiger partial charge in [-0.2, -0.15) is 0 Å². The van der Waals surface area contributed by atoms with Crippen LogP contribution in [0.1, 0.15) is 19.0 Å². The smallest absolute Gasteiger partial charge is 0.187 e. The van der Waals surface area contributed by atoms with Gasteiger partial charge in [0.25, 0.3) is 0 Å². The Bertz CT molecular complexity index is 496. The lowest BCUT2D eigenvalue weighted by atomic mass is 10.3. The molecular weight excluding hydrogens is 322 g/mol. The van der Waals surface area contributed by atoms with Crippen LogP contribution in [0.3, 0.4) is 0 Å². The Morgan fingerprint density at radius 1 is 1.21 bits per heavy atom. The highest BCUT2D eigenvalue weighted by Gasteiger charge is 2.02. The van der Waals surface area contributed by atoms with Crippen LogP contribution in [0, 0.1) is 0 Å². The molecule has 5 heteroatoms. The zero-order valence-electron chi connectivity index (χ0n) is 10.9. The highest BCUT2D eigenvalue weighted by atomic mass is 79.9. The first-order valence-corrected chi connectivity index (χ1v) is 8.13. The van der Waals surface area contributed by atoms with E-state index < -0.39 is 0 Å². The first kappa shape index (κ1) is 14.5. The van der Waals surface area contributed by atoms with Gasteiger partial charge in [0.15, 0.2) is 5.13 Å². The van der Waals surface area contributed by atoms with Gasteiger partial charge in [-0.1, -0.05) is 22.9 Å². The average molecular weight is 340 g/mol. The molecule has 1 heterocycles. The molecule has 2 rings (SSSR count). The summed E-state index contributed by atoms with van der Waals surface area (Å²) in [5.41, 5.74) is 2.21. The summed E-state index contributed by atoms with van der Waals surface area (Å²) in [5, 5.41) is 9.78. The van der Waals surface area contributed by atoms with E-state index in [4.69, 9.17) is 0 Å². The third-order valence-corrected chi connectivity index (χ3v) is 3.97. The second-order valence-corrected chi connectivity index (χ2v) is 6.05. The average Bonchev–Trinajstić information content (AvgIpc) is 2.85. The molecule has 0 bridgehead atoms. The Labute approximate surface area is 126 Å². The van der Waals surface area contributed by atoms with Crippen molar-refractivity contribution < 1.29 is 0 Å². The standard InChI is InChI=1S/C14H18BrN3S/c1-2-8-16-9-7-13-10-19-14(18-13)17-12-5-3-11(15)4-6-12/h3-6,10,16H,2,7-9H2,1H3,(H,17,18). The van der Waals surface area contributed by atoms with Crippen LogP contribution >= 0.6 is 27.3 Å². The van der Waals surface area contributed by atoms with Crippen LogP contribution in [0.2, 0.25) is 0 Å². The molecule has 0 spiro atoms. The molecule has 0 unspecified atom stereocenters. The van der Waals surface area contributed by atoms with E-state index in [0.717, 1.165) is 40.5 Å². The van der Waals surface area contributed by atoms with Crippen LogP contribution < -0.4 is 10.6 Å². The van der Waals surface area contributed by atoms with Gasteiger partial charge in [-0.25, -0.2) is 4.98 Å². The van der Waals surface area contributed by atoms with Crippen molar-refractivity contribution in [3.8, 4) is 0 Å². The van der Waals surface area contributed by atoms with Gasteiger partial charge < -0.3 is 10.6 Å². The number of nitrogens with zero attached hydrogens (tertiary/aromatic N) is 1. The fourth-order valence-corrected chi connectivity index (χ4v) is 2.68. The molecule has 0 saturated heterocycles. The molecule has 1 aromatic carbocycles. The first-order valence-electron chi connectivity index (χ1n) is 6.45. The maximum Gasteiger partial charge on any atom is 0.187 e. The normalized spacial score (nSPS) is 10.6. The predicted octanol–water partition coefficient (Wildman–Crippen LogP) is 4.19. The van der Waals surface area contributed by atoms with E-state index in [9.17, 15) is 0 Å². The van der Waals surface area contributed by atoms with Crippen molar-refractivity contribution in [1.29, 1.82) is 0 Å². The van der Waals surface area contributed by atoms with Crippen LogP contribution in [-0.4, -0.2) is 18.1 Å². The van der Waals surface area contributed by atoms with Crippen LogP contribution in [0.4, 0.5) is 10.8 Å². The van der Waals surface area contributed by atoms with Crippen molar-refractivity contribution in [2.24, 2.45) is 0 Å². The molecule has 1 aromatic heterocycles. The molecule has 0 aliphatic rings. The fraction of sp³-hybridized carbons (Fsp3) is 0.357. The van der Waals surface area contributed by atoms with E-state index in [1.165, 1.54) is 6.42 Å². The van der Waals surface area contributed by atoms with Gasteiger partial charge >= 0.3 is 0 Å². The number of halogens is 1. The van der Waals surface area contributed by atoms with E-state index in [0.29, 0.717) is 0 Å². The van der Waals surface area contributed by atoms with Crippen molar-refractivity contribution in [2.75, 3.05) is 18.4 Å². The third-order valence-electron chi connectivity index (χ3n) is 2.63. The van der Waals surface area contributed by atoms with Gasteiger partial charge in [0.05, 0.1) is 5.69 Å². The van der Waals surface area contributed by atoms with Gasteiger partial charge in [0.2, 0.25) is 0 Å². The maximum absolute atomic E-state index is 4.58. The lowest BCUT2D eigenvalue weighted by molar-refractivity contribution is 0.667. The third kappa shape index (κ3) is 4.93. The second-order valence-electron chi connectivity index (χ2n) is 4.28. The topological polar surface area (TPSA) is 37.0 Å². The number of thiazole rings is 1. The van der Waals surface area contributed by atoms with Crippen molar-refractivity contribution >= 4 is 38.1 Å². The summed E-state index contributed by atoms with van der Waals surface area (Å²) in [7, 11) is 0. The van der Waals surface area contributed by atoms with Crippen LogP contribution in [0.25, 0.3) is 0 Å². The maximum atomic E-state index is 4.58. The van der Waals surface area contributed by atoms with Crippen LogP contribution in [0.5, 0.6) is 0 Å². The summed E-state index contributed by atoms with van der Waals surface area (Å²) in [6.07, 6.45) is 2.16. The van der Waals surface area contributed by atoms with Gasteiger partial charge in [0.1, 0.15) is 0 Å². The summed E-state index contributed by atoms with van der Waals surface area (Å²) >= 11 is 5.08. The van der Waals surface area contributed by atoms with Crippen molar-refractivity contribution in [3.05, 3.63) is 39.8 Å². The quantitative estimate of drug-likeness (QED) is 0.742. The lowest BCUT2D eigenvalue weighted by Gasteiger charge is -2.02. The molecule has 2 aromatic rings. The SMILES string of the molecule is CCCNCCc1csc(Nc2ccc(Br)cc2)n1. The van der Waals surface area contributed by atoms with E-state index in [2.05, 4.69) is 43.9 Å². The molecule has 0 atom stereocenters. The number of rotatable bonds is 7. The van der Waals surface area contributed by atoms with Gasteiger partial charge in [0, 0.05) is 28.5 Å². The molecule has 19 heavy (non-hydrogen) atoms. The first-order chi connectivity index (χ1) is 9.28. The number of nitrogens with one attached hydrogen (secondary N) is 2. The largest absolute Gasteiger partial charge is 0.332 e. The molecule has 0 saturated carbocycles. The monoisotopic (exact) mass is 339 g/mol. The number of aromatic nitrogens is 1. The van der Waals surface area contributed by atoms with E-state index >= 15 is 0 Å². The number of benzene rings is 1. The number of anilines is 2. The van der Waals surface area contributed by atoms with Crippen LogP contribution in [-0.2, 0) is 6.42 Å². The van der Waals surface area contributed by atoms with E-state index in [1.54, 1.807) is 11.3 Å². The fourth-order valence-electron chi connectivity index (χ4n) is 1.65. The second kappa shape index (κ2) is 7.62. The zero-order chi connectivity index (χ0) is 13.5. The van der Waals surface area contributed by atoms with Crippen LogP contribution in [0.15, 0.2) is 34.1 Å². The number of hydrogen-bond acceptors (Lipinski definition) is 4. The molecular formula is C14H18BrN3S. The lowest BCUT2D eigenvalue weighted by Crippen LogP contribution is -2.17. The summed E-state index contributed by atoms with van der Waals surface area (Å²) in [4.78, 5) is 4.58. The molecule has 3 nitrogen and oxygen atoms in total. The summed E-state index contributed by atoms with van der Waals surface area (Å²) in [6, 6.07) is 8.11. The van der Waals surface area contributed by atoms with Crippen molar-refractivity contribution in [2.45, 2.75) is 19.8 Å². The molecule has 0 aliphatic heterocycles. The highest BCUT2D eigenvalue weighted by Crippen LogP contribution is 2.22. The van der Waals surface area contributed by atoms with E-state index in [-0.39, 0.29) is 0 Å². The minimum atomic E-state index is 0.952. The van der Waals surface area contributed by atoms with Crippen molar-refractivity contribution in [1.82, 2.24) is 10.3 Å². The minimum absolute atomic E-state index is 0.952. The van der Waals surface area contributed by atoms with Gasteiger partial charge in [-0.15, -0.1) is 11.3 Å². The molecule has 0 radical (unpaired) electrons. The zero-order valence-corrected chi connectivity index (χ0v) is 13.4. The van der Waals surface area contributed by atoms with Gasteiger partial charge in [-0.3, -0.25) is 0 Å². The Kier molecular flexibility index (Phi) is 5.82. The summed E-state index contributed by atoms with van der Waals surface area (Å²) < 4.78 is 1.08.